The molecule has 0 heterocycles. The largest absolute Gasteiger partial charge is 0.486 e. The Morgan fingerprint density at radius 1 is 1.50 bits per heavy atom. The maximum atomic E-state index is 5.93. The Kier molecular flexibility index (Phi) is 6.44. The SMILES string of the molecule is C=CC(C)Oc1c(C)cc(Br)cc1CNCCC. The Morgan fingerprint density at radius 3 is 2.83 bits per heavy atom. The third-order valence-electron chi connectivity index (χ3n) is 2.69. The summed E-state index contributed by atoms with van der Waals surface area (Å²) in [5.41, 5.74) is 2.33. The average molecular weight is 312 g/mol. The van der Waals surface area contributed by atoms with Crippen LogP contribution in [0.2, 0.25) is 0 Å². The second-order valence-corrected chi connectivity index (χ2v) is 5.36. The van der Waals surface area contributed by atoms with Gasteiger partial charge in [0.2, 0.25) is 0 Å². The predicted molar refractivity (Wildman–Crippen MR) is 81.2 cm³/mol. The molecule has 0 aliphatic carbocycles. The van der Waals surface area contributed by atoms with Gasteiger partial charge in [-0.15, -0.1) is 0 Å². The molecule has 0 radical (unpaired) electrons. The average Bonchev–Trinajstić information content (AvgIpc) is 2.33. The Balaban J connectivity index is 2.93. The number of hydrogen-bond acceptors (Lipinski definition) is 2. The lowest BCUT2D eigenvalue weighted by molar-refractivity contribution is 0.265. The molecule has 0 saturated heterocycles. The van der Waals surface area contributed by atoms with Crippen LogP contribution in [0.3, 0.4) is 0 Å². The molecule has 1 aromatic rings. The predicted octanol–water partition coefficient (Wildman–Crippen LogP) is 4.21. The molecule has 1 N–H and O–H groups in total. The minimum atomic E-state index is 0.0230. The molecule has 100 valence electrons. The van der Waals surface area contributed by atoms with E-state index in [1.165, 1.54) is 5.56 Å². The van der Waals surface area contributed by atoms with Crippen LogP contribution in [0.25, 0.3) is 0 Å². The normalized spacial score (nSPS) is 12.2. The molecule has 0 bridgehead atoms. The lowest BCUT2D eigenvalue weighted by Gasteiger charge is -2.18. The van der Waals surface area contributed by atoms with Gasteiger partial charge in [0.05, 0.1) is 0 Å². The molecule has 18 heavy (non-hydrogen) atoms. The van der Waals surface area contributed by atoms with Gasteiger partial charge in [-0.1, -0.05) is 35.5 Å². The van der Waals surface area contributed by atoms with Gasteiger partial charge in [-0.3, -0.25) is 0 Å². The van der Waals surface area contributed by atoms with Gasteiger partial charge in [0.25, 0.3) is 0 Å². The van der Waals surface area contributed by atoms with Crippen LogP contribution in [-0.4, -0.2) is 12.6 Å². The number of nitrogens with one attached hydrogen (secondary N) is 1. The highest BCUT2D eigenvalue weighted by Gasteiger charge is 2.10. The second-order valence-electron chi connectivity index (χ2n) is 4.45. The van der Waals surface area contributed by atoms with Gasteiger partial charge in [0.15, 0.2) is 0 Å². The molecule has 0 fully saturated rings. The van der Waals surface area contributed by atoms with E-state index in [0.29, 0.717) is 0 Å². The van der Waals surface area contributed by atoms with E-state index in [-0.39, 0.29) is 6.10 Å². The zero-order valence-electron chi connectivity index (χ0n) is 11.4. The van der Waals surface area contributed by atoms with Gasteiger partial charge >= 0.3 is 0 Å². The monoisotopic (exact) mass is 311 g/mol. The van der Waals surface area contributed by atoms with E-state index in [9.17, 15) is 0 Å². The summed E-state index contributed by atoms with van der Waals surface area (Å²) in [7, 11) is 0. The minimum absolute atomic E-state index is 0.0230. The van der Waals surface area contributed by atoms with E-state index in [4.69, 9.17) is 4.74 Å². The lowest BCUT2D eigenvalue weighted by atomic mass is 10.1. The zero-order valence-corrected chi connectivity index (χ0v) is 13.0. The molecule has 0 aliphatic heterocycles. The number of halogens is 1. The first-order valence-corrected chi connectivity index (χ1v) is 7.16. The van der Waals surface area contributed by atoms with Gasteiger partial charge in [0, 0.05) is 16.6 Å². The van der Waals surface area contributed by atoms with E-state index in [2.05, 4.69) is 53.8 Å². The summed E-state index contributed by atoms with van der Waals surface area (Å²) in [6.45, 7) is 11.8. The molecule has 0 aromatic heterocycles. The highest BCUT2D eigenvalue weighted by atomic mass is 79.9. The van der Waals surface area contributed by atoms with Crippen LogP contribution >= 0.6 is 15.9 Å². The van der Waals surface area contributed by atoms with E-state index in [1.54, 1.807) is 0 Å². The molecular weight excluding hydrogens is 290 g/mol. The van der Waals surface area contributed by atoms with E-state index in [0.717, 1.165) is 35.3 Å². The smallest absolute Gasteiger partial charge is 0.127 e. The first-order chi connectivity index (χ1) is 8.58. The molecule has 2 nitrogen and oxygen atoms in total. The quantitative estimate of drug-likeness (QED) is 0.601. The van der Waals surface area contributed by atoms with Gasteiger partial charge < -0.3 is 10.1 Å². The summed E-state index contributed by atoms with van der Waals surface area (Å²) in [5.74, 6) is 0.967. The third kappa shape index (κ3) is 4.46. The number of aryl methyl sites for hydroxylation is 1. The number of benzene rings is 1. The summed E-state index contributed by atoms with van der Waals surface area (Å²) in [6.07, 6.45) is 2.96. The van der Waals surface area contributed by atoms with Crippen molar-refractivity contribution in [1.29, 1.82) is 0 Å². The van der Waals surface area contributed by atoms with Gasteiger partial charge in [-0.25, -0.2) is 0 Å². The molecule has 0 spiro atoms. The first kappa shape index (κ1) is 15.3. The van der Waals surface area contributed by atoms with Crippen molar-refractivity contribution in [3.05, 3.63) is 40.4 Å². The van der Waals surface area contributed by atoms with Crippen LogP contribution in [0.4, 0.5) is 0 Å². The Bertz CT molecular complexity index is 404. The van der Waals surface area contributed by atoms with Crippen molar-refractivity contribution in [3.63, 3.8) is 0 Å². The van der Waals surface area contributed by atoms with Crippen LogP contribution in [0.5, 0.6) is 5.75 Å². The molecule has 0 saturated carbocycles. The molecule has 1 atom stereocenters. The fourth-order valence-corrected chi connectivity index (χ4v) is 2.35. The van der Waals surface area contributed by atoms with E-state index >= 15 is 0 Å². The first-order valence-electron chi connectivity index (χ1n) is 6.37. The van der Waals surface area contributed by atoms with Crippen molar-refractivity contribution >= 4 is 15.9 Å². The van der Waals surface area contributed by atoms with Gasteiger partial charge in [0.1, 0.15) is 11.9 Å². The van der Waals surface area contributed by atoms with Crippen molar-refractivity contribution in [2.45, 2.75) is 39.8 Å². The number of hydrogen-bond donors (Lipinski definition) is 1. The summed E-state index contributed by atoms with van der Waals surface area (Å²) in [4.78, 5) is 0. The Morgan fingerprint density at radius 2 is 2.22 bits per heavy atom. The van der Waals surface area contributed by atoms with Crippen LogP contribution < -0.4 is 10.1 Å². The molecule has 3 heteroatoms. The summed E-state index contributed by atoms with van der Waals surface area (Å²) in [6, 6.07) is 4.19. The van der Waals surface area contributed by atoms with Crippen LogP contribution in [0.15, 0.2) is 29.3 Å². The number of ether oxygens (including phenoxy) is 1. The third-order valence-corrected chi connectivity index (χ3v) is 3.15. The highest BCUT2D eigenvalue weighted by molar-refractivity contribution is 9.10. The van der Waals surface area contributed by atoms with Gasteiger partial charge in [-0.05, 0) is 44.5 Å². The Labute approximate surface area is 119 Å². The molecule has 0 amide bonds. The summed E-state index contributed by atoms with van der Waals surface area (Å²) in [5, 5.41) is 3.41. The van der Waals surface area contributed by atoms with Crippen LogP contribution in [0, 0.1) is 6.92 Å². The zero-order chi connectivity index (χ0) is 13.5. The standard InChI is InChI=1S/C15H22BrNO/c1-5-7-17-10-13-9-14(16)8-11(3)15(13)18-12(4)6-2/h6,8-9,12,17H,2,5,7,10H2,1,3-4H3. The summed E-state index contributed by atoms with van der Waals surface area (Å²) >= 11 is 3.54. The van der Waals surface area contributed by atoms with Gasteiger partial charge in [-0.2, -0.15) is 0 Å². The van der Waals surface area contributed by atoms with Crippen molar-refractivity contribution in [1.82, 2.24) is 5.32 Å². The Hall–Kier alpha value is -0.800. The fraction of sp³-hybridized carbons (Fsp3) is 0.467. The maximum absolute atomic E-state index is 5.93. The maximum Gasteiger partial charge on any atom is 0.127 e. The van der Waals surface area contributed by atoms with Crippen LogP contribution in [-0.2, 0) is 6.54 Å². The van der Waals surface area contributed by atoms with Crippen molar-refractivity contribution in [3.8, 4) is 5.75 Å². The molecule has 0 aliphatic rings. The topological polar surface area (TPSA) is 21.3 Å². The van der Waals surface area contributed by atoms with Crippen molar-refractivity contribution < 1.29 is 4.74 Å². The summed E-state index contributed by atoms with van der Waals surface area (Å²) < 4.78 is 7.02. The van der Waals surface area contributed by atoms with E-state index < -0.39 is 0 Å². The lowest BCUT2D eigenvalue weighted by Crippen LogP contribution is -2.17. The van der Waals surface area contributed by atoms with E-state index in [1.807, 2.05) is 13.0 Å². The molecule has 1 rings (SSSR count). The van der Waals surface area contributed by atoms with Crippen molar-refractivity contribution in [2.24, 2.45) is 0 Å². The van der Waals surface area contributed by atoms with Crippen molar-refractivity contribution in [2.75, 3.05) is 6.54 Å². The highest BCUT2D eigenvalue weighted by Crippen LogP contribution is 2.29. The molecule has 1 unspecified atom stereocenters. The minimum Gasteiger partial charge on any atom is -0.486 e. The fourth-order valence-electron chi connectivity index (χ4n) is 1.73. The molecule has 1 aromatic carbocycles. The second kappa shape index (κ2) is 7.59. The van der Waals surface area contributed by atoms with Crippen LogP contribution in [0.1, 0.15) is 31.4 Å². The molecular formula is C15H22BrNO. The number of rotatable bonds is 7.